The lowest BCUT2D eigenvalue weighted by Gasteiger charge is -2.25. The fourth-order valence-corrected chi connectivity index (χ4v) is 11.2. The summed E-state index contributed by atoms with van der Waals surface area (Å²) in [4.78, 5) is 13.0. The first-order valence-corrected chi connectivity index (χ1v) is 24.0. The largest absolute Gasteiger partial charge is 0.456 e. The van der Waals surface area contributed by atoms with E-state index in [0.717, 1.165) is 88.9 Å². The van der Waals surface area contributed by atoms with Gasteiger partial charge < -0.3 is 8.98 Å². The van der Waals surface area contributed by atoms with Gasteiger partial charge in [-0.05, 0) is 111 Å². The second kappa shape index (κ2) is 15.5. The van der Waals surface area contributed by atoms with Gasteiger partial charge in [-0.3, -0.25) is 4.90 Å². The third kappa shape index (κ3) is 6.18. The topological polar surface area (TPSA) is 47.1 Å². The number of hydrogen-bond acceptors (Lipinski definition) is 4. The maximum absolute atomic E-state index is 6.75. The summed E-state index contributed by atoms with van der Waals surface area (Å²) >= 11 is 0. The Morgan fingerprint density at radius 3 is 1.97 bits per heavy atom. The van der Waals surface area contributed by atoms with Gasteiger partial charge in [0.25, 0.3) is 0 Å². The van der Waals surface area contributed by atoms with Crippen LogP contribution in [0.4, 0.5) is 17.3 Å². The molecule has 0 amide bonds. The normalized spacial score (nSPS) is 12.8. The summed E-state index contributed by atoms with van der Waals surface area (Å²) in [5.74, 6) is 0.567. The van der Waals surface area contributed by atoms with Crippen LogP contribution in [0.15, 0.2) is 235 Å². The summed E-state index contributed by atoms with van der Waals surface area (Å²) in [6.07, 6.45) is 0. The van der Waals surface area contributed by atoms with E-state index >= 15 is 0 Å². The van der Waals surface area contributed by atoms with Gasteiger partial charge in [0.05, 0.1) is 33.3 Å². The highest BCUT2D eigenvalue weighted by Gasteiger charge is 2.35. The average Bonchev–Trinajstić information content (AvgIpc) is 4.04. The maximum atomic E-state index is 6.75. The van der Waals surface area contributed by atoms with Gasteiger partial charge in [-0.1, -0.05) is 178 Å². The van der Waals surface area contributed by atoms with E-state index in [-0.39, 0.29) is 5.41 Å². The highest BCUT2D eigenvalue weighted by atomic mass is 16.3. The summed E-state index contributed by atoms with van der Waals surface area (Å²) in [6, 6.07) is 82.4. The molecule has 0 N–H and O–H groups in total. The lowest BCUT2D eigenvalue weighted by atomic mass is 9.82. The average molecular weight is 897 g/mol. The number of rotatable bonds is 7. The maximum Gasteiger partial charge on any atom is 0.235 e. The molecule has 0 unspecified atom stereocenters. The van der Waals surface area contributed by atoms with Gasteiger partial charge in [0.1, 0.15) is 11.2 Å². The van der Waals surface area contributed by atoms with Crippen LogP contribution in [-0.2, 0) is 5.41 Å². The molecular weight excluding hydrogens is 853 g/mol. The molecule has 14 rings (SSSR count). The van der Waals surface area contributed by atoms with Crippen molar-refractivity contribution in [1.82, 2.24) is 14.5 Å². The molecule has 5 heteroatoms. The Balaban J connectivity index is 0.965. The van der Waals surface area contributed by atoms with Crippen molar-refractivity contribution in [2.75, 3.05) is 4.90 Å². The number of fused-ring (bicyclic) bond motifs is 10. The highest BCUT2D eigenvalue weighted by molar-refractivity contribution is 6.15. The van der Waals surface area contributed by atoms with Crippen molar-refractivity contribution in [2.24, 2.45) is 0 Å². The second-order valence-electron chi connectivity index (χ2n) is 19.0. The molecule has 0 aliphatic heterocycles. The standard InChI is InChI=1S/C65H44N4O/c1-65(2)54-26-12-9-23-48(54)49-35-33-47(40-55(49)65)68-57-28-14-11-24-50(57)51-34-31-45(39-59(51)68)44-32-36-60-53(38-44)62-58(29-16-30-61(62)70-60)69(46-22-15-21-43(37-46)41-17-5-3-6-18-41)64-66-56-27-13-10-25-52(56)63(67-64)42-19-7-4-8-20-42/h3-40H,1-2H3. The number of anilines is 3. The Bertz CT molecular complexity index is 4220. The van der Waals surface area contributed by atoms with Crippen LogP contribution < -0.4 is 4.90 Å². The monoisotopic (exact) mass is 896 g/mol. The van der Waals surface area contributed by atoms with Crippen LogP contribution in [0.2, 0.25) is 0 Å². The molecule has 70 heavy (non-hydrogen) atoms. The molecule has 0 spiro atoms. The number of para-hydroxylation sites is 2. The predicted octanol–water partition coefficient (Wildman–Crippen LogP) is 17.4. The fraction of sp³-hybridized carbons (Fsp3) is 0.0462. The summed E-state index contributed by atoms with van der Waals surface area (Å²) < 4.78 is 9.20. The van der Waals surface area contributed by atoms with E-state index in [4.69, 9.17) is 14.4 Å². The van der Waals surface area contributed by atoms with Crippen LogP contribution in [0.25, 0.3) is 105 Å². The molecule has 0 radical (unpaired) electrons. The Morgan fingerprint density at radius 2 is 1.10 bits per heavy atom. The first-order chi connectivity index (χ1) is 34.5. The molecule has 330 valence electrons. The Kier molecular flexibility index (Phi) is 8.86. The Hall–Kier alpha value is -9.06. The van der Waals surface area contributed by atoms with Crippen molar-refractivity contribution >= 4 is 72.0 Å². The van der Waals surface area contributed by atoms with E-state index in [1.54, 1.807) is 0 Å². The second-order valence-corrected chi connectivity index (χ2v) is 19.0. The van der Waals surface area contributed by atoms with E-state index in [9.17, 15) is 0 Å². The molecule has 0 bridgehead atoms. The molecule has 5 nitrogen and oxygen atoms in total. The first kappa shape index (κ1) is 40.0. The van der Waals surface area contributed by atoms with E-state index < -0.39 is 0 Å². The minimum Gasteiger partial charge on any atom is -0.456 e. The minimum atomic E-state index is -0.113. The van der Waals surface area contributed by atoms with Gasteiger partial charge in [0.15, 0.2) is 0 Å². The van der Waals surface area contributed by atoms with E-state index in [1.807, 2.05) is 12.1 Å². The van der Waals surface area contributed by atoms with Crippen molar-refractivity contribution < 1.29 is 4.42 Å². The SMILES string of the molecule is CC1(C)c2ccccc2-c2ccc(-n3c4ccccc4c4ccc(-c5ccc6oc7cccc(N(c8cccc(-c9ccccc9)c8)c8nc(-c9ccccc9)c9ccccc9n8)c7c6c5)cc43)cc21. The molecule has 3 aromatic heterocycles. The zero-order valence-electron chi connectivity index (χ0n) is 38.6. The number of nitrogens with zero attached hydrogens (tertiary/aromatic N) is 4. The smallest absolute Gasteiger partial charge is 0.235 e. The van der Waals surface area contributed by atoms with Crippen LogP contribution in [0.5, 0.6) is 0 Å². The first-order valence-electron chi connectivity index (χ1n) is 24.0. The third-order valence-corrected chi connectivity index (χ3v) is 14.6. The lowest BCUT2D eigenvalue weighted by Crippen LogP contribution is -2.15. The van der Waals surface area contributed by atoms with Crippen molar-refractivity contribution in [1.29, 1.82) is 0 Å². The van der Waals surface area contributed by atoms with Crippen molar-refractivity contribution in [2.45, 2.75) is 19.3 Å². The van der Waals surface area contributed by atoms with Gasteiger partial charge in [-0.25, -0.2) is 9.97 Å². The number of benzene rings is 10. The Morgan fingerprint density at radius 1 is 0.429 bits per heavy atom. The molecule has 13 aromatic rings. The lowest BCUT2D eigenvalue weighted by molar-refractivity contribution is 0.660. The predicted molar refractivity (Wildman–Crippen MR) is 290 cm³/mol. The third-order valence-electron chi connectivity index (χ3n) is 14.6. The van der Waals surface area contributed by atoms with Crippen LogP contribution in [0.3, 0.4) is 0 Å². The van der Waals surface area contributed by atoms with Crippen LogP contribution in [0, 0.1) is 0 Å². The summed E-state index contributed by atoms with van der Waals surface area (Å²) in [5.41, 5.74) is 19.4. The van der Waals surface area contributed by atoms with E-state index in [0.29, 0.717) is 5.95 Å². The summed E-state index contributed by atoms with van der Waals surface area (Å²) in [5, 5.41) is 5.44. The summed E-state index contributed by atoms with van der Waals surface area (Å²) in [6.45, 7) is 4.70. The fourth-order valence-electron chi connectivity index (χ4n) is 11.2. The highest BCUT2D eigenvalue weighted by Crippen LogP contribution is 2.50. The van der Waals surface area contributed by atoms with Gasteiger partial charge in [-0.2, -0.15) is 0 Å². The van der Waals surface area contributed by atoms with Crippen LogP contribution in [-0.4, -0.2) is 14.5 Å². The molecule has 0 atom stereocenters. The van der Waals surface area contributed by atoms with Crippen LogP contribution in [0.1, 0.15) is 25.0 Å². The zero-order valence-corrected chi connectivity index (χ0v) is 38.6. The number of hydrogen-bond donors (Lipinski definition) is 0. The van der Waals surface area contributed by atoms with Gasteiger partial charge in [0, 0.05) is 43.9 Å². The molecule has 1 aliphatic carbocycles. The molecule has 0 saturated carbocycles. The van der Waals surface area contributed by atoms with Crippen molar-refractivity contribution in [3.63, 3.8) is 0 Å². The van der Waals surface area contributed by atoms with Crippen LogP contribution >= 0.6 is 0 Å². The van der Waals surface area contributed by atoms with Gasteiger partial charge in [0.2, 0.25) is 5.95 Å². The minimum absolute atomic E-state index is 0.113. The van der Waals surface area contributed by atoms with E-state index in [1.165, 1.54) is 38.5 Å². The quantitative estimate of drug-likeness (QED) is 0.160. The summed E-state index contributed by atoms with van der Waals surface area (Å²) in [7, 11) is 0. The number of aromatic nitrogens is 3. The van der Waals surface area contributed by atoms with Gasteiger partial charge >= 0.3 is 0 Å². The molecule has 3 heterocycles. The van der Waals surface area contributed by atoms with Crippen molar-refractivity contribution in [3.05, 3.63) is 242 Å². The molecule has 1 aliphatic rings. The molecule has 10 aromatic carbocycles. The number of furan rings is 1. The molecule has 0 saturated heterocycles. The molecule has 0 fully saturated rings. The van der Waals surface area contributed by atoms with E-state index in [2.05, 4.69) is 242 Å². The van der Waals surface area contributed by atoms with Gasteiger partial charge in [-0.15, -0.1) is 0 Å². The molecular formula is C65H44N4O. The Labute approximate surface area is 405 Å². The van der Waals surface area contributed by atoms with Crippen molar-refractivity contribution in [3.8, 4) is 50.3 Å². The zero-order chi connectivity index (χ0) is 46.5.